The third-order valence-electron chi connectivity index (χ3n) is 2.78. The molecule has 0 amide bonds. The molecular formula is C13H14N4S. The second-order valence-electron chi connectivity index (χ2n) is 4.09. The van der Waals surface area contributed by atoms with Gasteiger partial charge in [0.05, 0.1) is 0 Å². The molecule has 18 heavy (non-hydrogen) atoms. The molecule has 1 aliphatic heterocycles. The van der Waals surface area contributed by atoms with Gasteiger partial charge in [-0.05, 0) is 19.1 Å². The van der Waals surface area contributed by atoms with Gasteiger partial charge in [-0.2, -0.15) is 5.10 Å². The van der Waals surface area contributed by atoms with Crippen LogP contribution in [0.5, 0.6) is 0 Å². The molecule has 0 bridgehead atoms. The van der Waals surface area contributed by atoms with Gasteiger partial charge >= 0.3 is 0 Å². The van der Waals surface area contributed by atoms with Crippen LogP contribution < -0.4 is 5.32 Å². The number of anilines is 1. The maximum Gasteiger partial charge on any atom is 0.171 e. The first-order valence-corrected chi connectivity index (χ1v) is 6.86. The van der Waals surface area contributed by atoms with E-state index in [9.17, 15) is 0 Å². The number of nitrogens with zero attached hydrogens (tertiary/aromatic N) is 3. The maximum absolute atomic E-state index is 4.52. The Hall–Kier alpha value is -1.75. The van der Waals surface area contributed by atoms with Crippen LogP contribution in [0.15, 0.2) is 36.9 Å². The van der Waals surface area contributed by atoms with Crippen LogP contribution in [0.1, 0.15) is 11.3 Å². The first-order valence-electron chi connectivity index (χ1n) is 5.81. The second-order valence-corrected chi connectivity index (χ2v) is 5.20. The molecule has 1 aromatic carbocycles. The van der Waals surface area contributed by atoms with Crippen LogP contribution in [0.3, 0.4) is 0 Å². The number of hydrogen-bond donors (Lipinski definition) is 1. The summed E-state index contributed by atoms with van der Waals surface area (Å²) in [5.74, 6) is 2.61. The smallest absolute Gasteiger partial charge is 0.171 e. The summed E-state index contributed by atoms with van der Waals surface area (Å²) in [4.78, 5) is 4.52. The minimum atomic E-state index is 0.0779. The van der Waals surface area contributed by atoms with Crippen molar-refractivity contribution in [2.24, 2.45) is 0 Å². The molecule has 0 aliphatic carbocycles. The highest BCUT2D eigenvalue weighted by Gasteiger charge is 2.25. The molecule has 2 heterocycles. The number of aromatic nitrogens is 3. The van der Waals surface area contributed by atoms with E-state index in [4.69, 9.17) is 0 Å². The van der Waals surface area contributed by atoms with Crippen molar-refractivity contribution < 1.29 is 0 Å². The number of hydrogen-bond acceptors (Lipinski definition) is 4. The summed E-state index contributed by atoms with van der Waals surface area (Å²) in [6.45, 7) is 5.68. The molecule has 3 rings (SSSR count). The van der Waals surface area contributed by atoms with Gasteiger partial charge in [0, 0.05) is 17.0 Å². The number of fused-ring (bicyclic) bond motifs is 3. The Bertz CT molecular complexity index is 590. The van der Waals surface area contributed by atoms with Crippen LogP contribution in [-0.4, -0.2) is 20.5 Å². The van der Waals surface area contributed by atoms with E-state index in [1.54, 1.807) is 11.8 Å². The Morgan fingerprint density at radius 1 is 1.50 bits per heavy atom. The van der Waals surface area contributed by atoms with Crippen LogP contribution in [0.4, 0.5) is 5.69 Å². The summed E-state index contributed by atoms with van der Waals surface area (Å²) < 4.78 is 1.95. The van der Waals surface area contributed by atoms with Gasteiger partial charge in [-0.3, -0.25) is 0 Å². The fourth-order valence-corrected chi connectivity index (χ4v) is 2.86. The lowest BCUT2D eigenvalue weighted by Gasteiger charge is -2.26. The summed E-state index contributed by atoms with van der Waals surface area (Å²) in [5.41, 5.74) is 2.29. The lowest BCUT2D eigenvalue weighted by Crippen LogP contribution is -2.22. The predicted octanol–water partition coefficient (Wildman–Crippen LogP) is 3.05. The minimum absolute atomic E-state index is 0.0779. The molecule has 0 radical (unpaired) electrons. The Labute approximate surface area is 110 Å². The maximum atomic E-state index is 4.52. The van der Waals surface area contributed by atoms with Crippen molar-refractivity contribution in [1.29, 1.82) is 0 Å². The van der Waals surface area contributed by atoms with E-state index in [2.05, 4.69) is 34.1 Å². The summed E-state index contributed by atoms with van der Waals surface area (Å²) >= 11 is 1.75. The van der Waals surface area contributed by atoms with E-state index in [1.807, 2.05) is 29.8 Å². The standard InChI is InChI=1S/C13H14N4S/c1-3-8-18-13-15-11-7-5-4-6-10(11)12-14-9(2)16-17(12)13/h3-7,13,15H,1,8H2,2H3. The van der Waals surface area contributed by atoms with Gasteiger partial charge in [0.15, 0.2) is 11.3 Å². The molecule has 4 nitrogen and oxygen atoms in total. The zero-order valence-corrected chi connectivity index (χ0v) is 10.9. The van der Waals surface area contributed by atoms with Crippen molar-refractivity contribution in [2.45, 2.75) is 12.4 Å². The van der Waals surface area contributed by atoms with Gasteiger partial charge in [-0.1, -0.05) is 18.2 Å². The third kappa shape index (κ3) is 1.80. The molecular weight excluding hydrogens is 244 g/mol. The van der Waals surface area contributed by atoms with Gasteiger partial charge in [-0.15, -0.1) is 18.3 Å². The monoisotopic (exact) mass is 258 g/mol. The molecule has 0 fully saturated rings. The second kappa shape index (κ2) is 4.49. The van der Waals surface area contributed by atoms with Crippen molar-refractivity contribution in [1.82, 2.24) is 14.8 Å². The average molecular weight is 258 g/mol. The SMILES string of the molecule is C=CCSC1Nc2ccccc2-c2nc(C)nn21. The van der Waals surface area contributed by atoms with Crippen LogP contribution in [0.2, 0.25) is 0 Å². The van der Waals surface area contributed by atoms with Gasteiger partial charge in [-0.25, -0.2) is 9.67 Å². The van der Waals surface area contributed by atoms with Crippen molar-refractivity contribution in [3.8, 4) is 11.4 Å². The van der Waals surface area contributed by atoms with Crippen LogP contribution in [0, 0.1) is 6.92 Å². The third-order valence-corrected chi connectivity index (χ3v) is 3.84. The van der Waals surface area contributed by atoms with Gasteiger partial charge in [0.25, 0.3) is 0 Å². The van der Waals surface area contributed by atoms with Crippen LogP contribution in [0.25, 0.3) is 11.4 Å². The molecule has 2 aromatic rings. The molecule has 92 valence electrons. The van der Waals surface area contributed by atoms with E-state index in [0.717, 1.165) is 28.7 Å². The number of para-hydroxylation sites is 1. The van der Waals surface area contributed by atoms with Gasteiger partial charge in [0.1, 0.15) is 5.82 Å². The highest BCUT2D eigenvalue weighted by Crippen LogP contribution is 2.38. The van der Waals surface area contributed by atoms with E-state index in [0.29, 0.717) is 0 Å². The quantitative estimate of drug-likeness (QED) is 0.859. The normalized spacial score (nSPS) is 16.6. The fourth-order valence-electron chi connectivity index (χ4n) is 2.05. The Morgan fingerprint density at radius 3 is 3.17 bits per heavy atom. The van der Waals surface area contributed by atoms with E-state index >= 15 is 0 Å². The van der Waals surface area contributed by atoms with Crippen molar-refractivity contribution in [3.63, 3.8) is 0 Å². The summed E-state index contributed by atoms with van der Waals surface area (Å²) in [6, 6.07) is 8.19. The summed E-state index contributed by atoms with van der Waals surface area (Å²) in [5, 5.41) is 7.95. The fraction of sp³-hybridized carbons (Fsp3) is 0.231. The Kier molecular flexibility index (Phi) is 2.83. The molecule has 1 N–H and O–H groups in total. The molecule has 5 heteroatoms. The number of rotatable bonds is 3. The predicted molar refractivity (Wildman–Crippen MR) is 75.5 cm³/mol. The zero-order valence-electron chi connectivity index (χ0n) is 10.1. The zero-order chi connectivity index (χ0) is 12.5. The number of benzene rings is 1. The van der Waals surface area contributed by atoms with E-state index < -0.39 is 0 Å². The number of thioether (sulfide) groups is 1. The molecule has 0 spiro atoms. The Morgan fingerprint density at radius 2 is 2.33 bits per heavy atom. The summed E-state index contributed by atoms with van der Waals surface area (Å²) in [6.07, 6.45) is 1.90. The minimum Gasteiger partial charge on any atom is -0.355 e. The van der Waals surface area contributed by atoms with Crippen LogP contribution >= 0.6 is 11.8 Å². The molecule has 0 saturated carbocycles. The first kappa shape index (κ1) is 11.3. The van der Waals surface area contributed by atoms with Gasteiger partial charge < -0.3 is 5.32 Å². The topological polar surface area (TPSA) is 42.7 Å². The molecule has 1 unspecified atom stereocenters. The molecule has 1 atom stereocenters. The van der Waals surface area contributed by atoms with E-state index in [-0.39, 0.29) is 5.50 Å². The highest BCUT2D eigenvalue weighted by atomic mass is 32.2. The van der Waals surface area contributed by atoms with Crippen molar-refractivity contribution >= 4 is 17.4 Å². The largest absolute Gasteiger partial charge is 0.355 e. The molecule has 1 aliphatic rings. The molecule has 0 saturated heterocycles. The van der Waals surface area contributed by atoms with Crippen LogP contribution in [-0.2, 0) is 0 Å². The molecule has 1 aromatic heterocycles. The van der Waals surface area contributed by atoms with Crippen molar-refractivity contribution in [2.75, 3.05) is 11.1 Å². The van der Waals surface area contributed by atoms with E-state index in [1.165, 1.54) is 0 Å². The first-order chi connectivity index (χ1) is 8.79. The van der Waals surface area contributed by atoms with Crippen molar-refractivity contribution in [3.05, 3.63) is 42.7 Å². The summed E-state index contributed by atoms with van der Waals surface area (Å²) in [7, 11) is 0. The lowest BCUT2D eigenvalue weighted by molar-refractivity contribution is 0.645. The highest BCUT2D eigenvalue weighted by molar-refractivity contribution is 7.99. The lowest BCUT2D eigenvalue weighted by atomic mass is 10.1. The number of nitrogens with one attached hydrogen (secondary N) is 1. The number of aryl methyl sites for hydroxylation is 1. The van der Waals surface area contributed by atoms with Gasteiger partial charge in [0.2, 0.25) is 0 Å². The average Bonchev–Trinajstić information content (AvgIpc) is 2.78. The Balaban J connectivity index is 2.07.